The van der Waals surface area contributed by atoms with E-state index in [1.165, 1.54) is 24.0 Å². The lowest BCUT2D eigenvalue weighted by atomic mass is 9.81. The molecule has 0 spiro atoms. The van der Waals surface area contributed by atoms with Crippen molar-refractivity contribution in [2.75, 3.05) is 49.2 Å². The summed E-state index contributed by atoms with van der Waals surface area (Å²) in [6.45, 7) is 3.37. The van der Waals surface area contributed by atoms with E-state index < -0.39 is 35.1 Å². The summed E-state index contributed by atoms with van der Waals surface area (Å²) in [6.07, 6.45) is 9.98. The fourth-order valence-electron chi connectivity index (χ4n) is 9.33. The van der Waals surface area contributed by atoms with Gasteiger partial charge in [-0.15, -0.1) is 58.9 Å². The van der Waals surface area contributed by atoms with E-state index in [9.17, 15) is 10.2 Å². The maximum absolute atomic E-state index is 12.5. The third kappa shape index (κ3) is 21.6. The topological polar surface area (TPSA) is 245 Å². The van der Waals surface area contributed by atoms with Crippen molar-refractivity contribution in [1.82, 2.24) is 10.6 Å². The summed E-state index contributed by atoms with van der Waals surface area (Å²) in [5.74, 6) is 10.4. The number of hydrogen-bond donors (Lipinski definition) is 8. The Kier molecular flexibility index (Phi) is 31.3. The van der Waals surface area contributed by atoms with Crippen molar-refractivity contribution >= 4 is 70.9 Å². The molecule has 0 unspecified atom stereocenters. The van der Waals surface area contributed by atoms with Crippen molar-refractivity contribution < 1.29 is 55.3 Å². The van der Waals surface area contributed by atoms with Crippen LogP contribution < -0.4 is 10.6 Å². The summed E-state index contributed by atoms with van der Waals surface area (Å²) < 4.78 is -0.739. The van der Waals surface area contributed by atoms with Gasteiger partial charge in [-0.2, -0.15) is 0 Å². The van der Waals surface area contributed by atoms with E-state index in [0.29, 0.717) is 13.1 Å². The lowest BCUT2D eigenvalue weighted by Crippen LogP contribution is -2.49. The molecule has 0 radical (unpaired) electrons. The number of carboxylic acids is 4. The van der Waals surface area contributed by atoms with Crippen LogP contribution in [0.3, 0.4) is 0 Å². The van der Waals surface area contributed by atoms with Gasteiger partial charge in [-0.25, -0.2) is 19.2 Å². The van der Waals surface area contributed by atoms with E-state index in [4.69, 9.17) is 39.6 Å². The second kappa shape index (κ2) is 37.7. The molecule has 0 aromatic heterocycles. The predicted octanol–water partition coefficient (Wildman–Crippen LogP) is 10.5. The molecule has 2 saturated heterocycles. The molecule has 17 heteroatoms. The van der Waals surface area contributed by atoms with E-state index in [1.807, 2.05) is 120 Å². The third-order valence-electron chi connectivity index (χ3n) is 13.3. The van der Waals surface area contributed by atoms with Crippen molar-refractivity contribution in [2.45, 2.75) is 83.6 Å². The Morgan fingerprint density at radius 2 is 0.663 bits per heavy atom. The second-order valence-corrected chi connectivity index (χ2v) is 25.0. The first-order valence-electron chi connectivity index (χ1n) is 27.3. The molecule has 0 saturated carbocycles. The Morgan fingerprint density at radius 1 is 0.410 bits per heavy atom. The number of aryl methyl sites for hydroxylation is 2. The van der Waals surface area contributed by atoms with Gasteiger partial charge < -0.3 is 46.7 Å². The van der Waals surface area contributed by atoms with Crippen LogP contribution in [0.15, 0.2) is 182 Å². The number of carboxylic acid groups (broad SMARTS) is 4. The quantitative estimate of drug-likeness (QED) is 0.0201. The van der Waals surface area contributed by atoms with Crippen LogP contribution >= 0.6 is 47.0 Å². The molecule has 6 aromatic rings. The summed E-state index contributed by atoms with van der Waals surface area (Å²) >= 11 is 7.64. The third-order valence-corrected chi connectivity index (χ3v) is 20.6. The molecular formula is C66H76N2O11S4. The monoisotopic (exact) mass is 1200 g/mol. The number of aliphatic carboxylic acids is 4. The zero-order valence-electron chi connectivity index (χ0n) is 46.5. The molecule has 0 atom stereocenters. The maximum atomic E-state index is 12.5. The summed E-state index contributed by atoms with van der Waals surface area (Å²) in [7, 11) is 0. The highest BCUT2D eigenvalue weighted by Gasteiger charge is 2.55. The number of benzene rings is 6. The van der Waals surface area contributed by atoms with Gasteiger partial charge >= 0.3 is 23.9 Å². The average molecular weight is 1200 g/mol. The van der Waals surface area contributed by atoms with E-state index in [0.717, 1.165) is 110 Å². The molecule has 2 aliphatic heterocycles. The Morgan fingerprint density at radius 3 is 0.916 bits per heavy atom. The molecular weight excluding hydrogens is 1120 g/mol. The second-order valence-electron chi connectivity index (χ2n) is 19.0. The van der Waals surface area contributed by atoms with Crippen molar-refractivity contribution in [2.24, 2.45) is 0 Å². The van der Waals surface area contributed by atoms with Crippen LogP contribution in [0, 0.1) is 23.7 Å². The van der Waals surface area contributed by atoms with Gasteiger partial charge in [-0.3, -0.25) is 0 Å². The predicted molar refractivity (Wildman–Crippen MR) is 340 cm³/mol. The van der Waals surface area contributed by atoms with Crippen LogP contribution in [0.25, 0.3) is 0 Å². The SMILES string of the molecule is O.O=C(O)C(=O)O.O=C(O)C(=O)O.OC(c1ccccc1)(c1ccccc1)C1(CCC#CCNCCCc2ccccc2)SCCCS1.OC(c1ccccc1)(c1ccccc1)C1(CCC#CCNCCCc2ccccc2)SCCCS1. The Bertz CT molecular complexity index is 2640. The van der Waals surface area contributed by atoms with Crippen LogP contribution in [-0.4, -0.2) is 117 Å². The van der Waals surface area contributed by atoms with Gasteiger partial charge in [0, 0.05) is 12.8 Å². The van der Waals surface area contributed by atoms with Crippen molar-refractivity contribution in [3.05, 3.63) is 215 Å². The number of thioether (sulfide) groups is 4. The normalized spacial score (nSPS) is 13.9. The number of rotatable bonds is 20. The van der Waals surface area contributed by atoms with Crippen LogP contribution in [0.1, 0.15) is 84.7 Å². The van der Waals surface area contributed by atoms with Gasteiger partial charge in [0.1, 0.15) is 11.2 Å². The summed E-state index contributed by atoms with van der Waals surface area (Å²) in [6, 6.07) is 62.0. The van der Waals surface area contributed by atoms with Gasteiger partial charge in [0.15, 0.2) is 0 Å². The molecule has 0 bridgehead atoms. The van der Waals surface area contributed by atoms with Crippen molar-refractivity contribution in [3.8, 4) is 23.7 Å². The van der Waals surface area contributed by atoms with E-state index in [-0.39, 0.29) is 13.6 Å². The molecule has 0 aliphatic carbocycles. The average Bonchev–Trinajstić information content (AvgIpc) is 3.68. The Hall–Kier alpha value is -6.48. The van der Waals surface area contributed by atoms with E-state index in [1.54, 1.807) is 0 Å². The Labute approximate surface area is 505 Å². The number of aliphatic hydroxyl groups is 2. The lowest BCUT2D eigenvalue weighted by molar-refractivity contribution is -0.159. The first-order chi connectivity index (χ1) is 39.8. The highest BCUT2D eigenvalue weighted by Crippen LogP contribution is 2.60. The number of hydrogen-bond acceptors (Lipinski definition) is 12. The van der Waals surface area contributed by atoms with Crippen LogP contribution in [0.4, 0.5) is 0 Å². The minimum absolute atomic E-state index is 0. The first-order valence-corrected chi connectivity index (χ1v) is 31.3. The summed E-state index contributed by atoms with van der Waals surface area (Å²) in [5.41, 5.74) is 4.45. The molecule has 440 valence electrons. The van der Waals surface area contributed by atoms with Gasteiger partial charge in [0.05, 0.1) is 21.2 Å². The molecule has 8 rings (SSSR count). The highest BCUT2D eigenvalue weighted by atomic mass is 32.2. The molecule has 0 amide bonds. The molecule has 2 heterocycles. The summed E-state index contributed by atoms with van der Waals surface area (Å²) in [4.78, 5) is 36.4. The van der Waals surface area contributed by atoms with E-state index in [2.05, 4.69) is 144 Å². The van der Waals surface area contributed by atoms with Crippen molar-refractivity contribution in [3.63, 3.8) is 0 Å². The maximum Gasteiger partial charge on any atom is 0.414 e. The zero-order valence-corrected chi connectivity index (χ0v) is 49.8. The largest absolute Gasteiger partial charge is 0.473 e. The minimum Gasteiger partial charge on any atom is -0.473 e. The van der Waals surface area contributed by atoms with Crippen LogP contribution in [0.2, 0.25) is 0 Å². The zero-order chi connectivity index (χ0) is 58.8. The fourth-order valence-corrected chi connectivity index (χ4v) is 16.6. The highest BCUT2D eigenvalue weighted by molar-refractivity contribution is 8.19. The number of nitrogens with one attached hydrogen (secondary N) is 2. The smallest absolute Gasteiger partial charge is 0.414 e. The summed E-state index contributed by atoms with van der Waals surface area (Å²) in [5, 5.41) is 61.5. The minimum atomic E-state index is -1.82. The van der Waals surface area contributed by atoms with Gasteiger partial charge in [-0.1, -0.05) is 194 Å². The molecule has 10 N–H and O–H groups in total. The fraction of sp³-hybridized carbons (Fsp3) is 0.333. The van der Waals surface area contributed by atoms with Crippen LogP contribution in [0.5, 0.6) is 0 Å². The molecule has 83 heavy (non-hydrogen) atoms. The van der Waals surface area contributed by atoms with Gasteiger partial charge in [0.2, 0.25) is 0 Å². The Balaban J connectivity index is 0.000000295. The lowest BCUT2D eigenvalue weighted by Gasteiger charge is -2.49. The molecule has 2 aliphatic rings. The first kappa shape index (κ1) is 69.0. The van der Waals surface area contributed by atoms with Crippen LogP contribution in [-0.2, 0) is 43.2 Å². The van der Waals surface area contributed by atoms with E-state index >= 15 is 0 Å². The molecule has 2 fully saturated rings. The standard InChI is InChI=1S/2C31H35NOS2.2C2H2O4.H2O/c2*33-31(28-18-7-2-8-19-28,29-20-9-3-10-21-29)30(34-25-14-26-35-30)22-11-4-12-23-32-24-13-17-27-15-5-1-6-16-27;2*3-1(4)2(5)6;/h2*1-3,5-10,15-16,18-21,32-33H,11,13-14,17,22-26H2;2*(H,3,4)(H,5,6);1H2. The van der Waals surface area contributed by atoms with Crippen molar-refractivity contribution in [1.29, 1.82) is 0 Å². The molecule has 13 nitrogen and oxygen atoms in total. The molecule has 6 aromatic carbocycles. The number of carbonyl (C=O) groups is 4. The van der Waals surface area contributed by atoms with Gasteiger partial charge in [0.25, 0.3) is 0 Å². The van der Waals surface area contributed by atoms with Gasteiger partial charge in [-0.05, 0) is 121 Å².